The van der Waals surface area contributed by atoms with Gasteiger partial charge < -0.3 is 10.6 Å². The molecular weight excluding hydrogens is 220 g/mol. The minimum atomic E-state index is -0.266. The van der Waals surface area contributed by atoms with Gasteiger partial charge in [0.25, 0.3) is 5.91 Å². The first-order valence-corrected chi connectivity index (χ1v) is 4.99. The molecule has 0 aliphatic rings. The first-order chi connectivity index (χ1) is 8.16. The average Bonchev–Trinajstić information content (AvgIpc) is 2.76. The second kappa shape index (κ2) is 4.60. The monoisotopic (exact) mass is 232 g/mol. The van der Waals surface area contributed by atoms with Crippen molar-refractivity contribution < 1.29 is 4.79 Å². The zero-order valence-electron chi connectivity index (χ0n) is 9.29. The number of hydrogen-bond donors (Lipinski definition) is 2. The number of aromatic nitrogens is 4. The Morgan fingerprint density at radius 3 is 3.00 bits per heavy atom. The third kappa shape index (κ3) is 2.57. The summed E-state index contributed by atoms with van der Waals surface area (Å²) in [5, 5.41) is 6.09. The van der Waals surface area contributed by atoms with Crippen LogP contribution in [0.2, 0.25) is 0 Å². The number of pyridine rings is 1. The number of nitrogen functional groups attached to an aromatic ring is 1. The zero-order valence-corrected chi connectivity index (χ0v) is 9.29. The quantitative estimate of drug-likeness (QED) is 0.778. The van der Waals surface area contributed by atoms with Gasteiger partial charge in [0.15, 0.2) is 0 Å². The van der Waals surface area contributed by atoms with E-state index in [1.807, 2.05) is 12.1 Å². The van der Waals surface area contributed by atoms with E-state index in [4.69, 9.17) is 5.73 Å². The lowest BCUT2D eigenvalue weighted by Crippen LogP contribution is -2.27. The summed E-state index contributed by atoms with van der Waals surface area (Å²) in [4.78, 5) is 21.1. The van der Waals surface area contributed by atoms with Crippen LogP contribution in [0.1, 0.15) is 16.2 Å². The Kier molecular flexibility index (Phi) is 2.99. The summed E-state index contributed by atoms with van der Waals surface area (Å²) in [6, 6.07) is 3.71. The van der Waals surface area contributed by atoms with Gasteiger partial charge in [-0.15, -0.1) is 5.10 Å². The van der Waals surface area contributed by atoms with E-state index in [1.165, 1.54) is 4.90 Å². The Labute approximate surface area is 97.7 Å². The highest BCUT2D eigenvalue weighted by atomic mass is 16.2. The molecule has 2 rings (SSSR count). The Balaban J connectivity index is 2.06. The molecule has 17 heavy (non-hydrogen) atoms. The van der Waals surface area contributed by atoms with Crippen molar-refractivity contribution in [1.29, 1.82) is 0 Å². The number of carbonyl (C=O) groups is 1. The van der Waals surface area contributed by atoms with Gasteiger partial charge >= 0.3 is 0 Å². The molecule has 0 fully saturated rings. The Hall–Kier alpha value is -2.44. The van der Waals surface area contributed by atoms with Crippen molar-refractivity contribution in [2.45, 2.75) is 6.54 Å². The number of H-pyrrole nitrogens is 1. The van der Waals surface area contributed by atoms with E-state index in [0.29, 0.717) is 6.54 Å². The lowest BCUT2D eigenvalue weighted by molar-refractivity contribution is 0.0773. The van der Waals surface area contributed by atoms with Crippen LogP contribution in [0, 0.1) is 0 Å². The van der Waals surface area contributed by atoms with Gasteiger partial charge in [0.1, 0.15) is 0 Å². The van der Waals surface area contributed by atoms with Crippen LogP contribution in [0.25, 0.3) is 0 Å². The first-order valence-electron chi connectivity index (χ1n) is 4.99. The summed E-state index contributed by atoms with van der Waals surface area (Å²) in [6.45, 7) is 0.452. The predicted molar refractivity (Wildman–Crippen MR) is 60.8 cm³/mol. The average molecular weight is 232 g/mol. The Morgan fingerprint density at radius 1 is 1.59 bits per heavy atom. The number of amides is 1. The van der Waals surface area contributed by atoms with Crippen LogP contribution in [0.4, 0.5) is 5.95 Å². The minimum absolute atomic E-state index is 0.0585. The molecule has 0 saturated heterocycles. The Morgan fingerprint density at radius 2 is 2.41 bits per heavy atom. The fourth-order valence-corrected chi connectivity index (χ4v) is 1.39. The second-order valence-electron chi connectivity index (χ2n) is 3.56. The second-order valence-corrected chi connectivity index (χ2v) is 3.56. The summed E-state index contributed by atoms with van der Waals surface area (Å²) < 4.78 is 0. The fourth-order valence-electron chi connectivity index (χ4n) is 1.39. The molecule has 0 atom stereocenters. The normalized spacial score (nSPS) is 10.2. The molecule has 2 aromatic rings. The molecule has 0 aliphatic heterocycles. The molecule has 2 heterocycles. The fraction of sp³-hybridized carbons (Fsp3) is 0.200. The highest BCUT2D eigenvalue weighted by Crippen LogP contribution is 2.04. The molecule has 88 valence electrons. The molecule has 0 aromatic carbocycles. The van der Waals surface area contributed by atoms with E-state index in [0.717, 1.165) is 5.56 Å². The SMILES string of the molecule is CN(Cc1cccnc1)C(=O)c1nc(N)n[nH]1. The standard InChI is InChI=1S/C10H12N6O/c1-16(6-7-3-2-4-12-5-7)9(17)8-13-10(11)15-14-8/h2-5H,6H2,1H3,(H3,11,13,14,15). The van der Waals surface area contributed by atoms with Crippen LogP contribution in [0.5, 0.6) is 0 Å². The number of hydrogen-bond acceptors (Lipinski definition) is 5. The van der Waals surface area contributed by atoms with Crippen LogP contribution in [0.3, 0.4) is 0 Å². The molecule has 0 aliphatic carbocycles. The summed E-state index contributed by atoms with van der Waals surface area (Å²) >= 11 is 0. The minimum Gasteiger partial charge on any atom is -0.366 e. The molecule has 3 N–H and O–H groups in total. The van der Waals surface area contributed by atoms with Crippen LogP contribution in [-0.4, -0.2) is 38.0 Å². The van der Waals surface area contributed by atoms with Gasteiger partial charge in [-0.1, -0.05) is 6.07 Å². The molecule has 7 nitrogen and oxygen atoms in total. The van der Waals surface area contributed by atoms with Gasteiger partial charge in [0.05, 0.1) is 0 Å². The smallest absolute Gasteiger partial charge is 0.291 e. The van der Waals surface area contributed by atoms with Crippen LogP contribution in [-0.2, 0) is 6.54 Å². The molecule has 0 saturated carbocycles. The van der Waals surface area contributed by atoms with E-state index < -0.39 is 0 Å². The zero-order chi connectivity index (χ0) is 12.3. The number of carbonyl (C=O) groups excluding carboxylic acids is 1. The largest absolute Gasteiger partial charge is 0.366 e. The van der Waals surface area contributed by atoms with Gasteiger partial charge in [0, 0.05) is 26.0 Å². The van der Waals surface area contributed by atoms with Crippen molar-refractivity contribution in [2.75, 3.05) is 12.8 Å². The Bertz CT molecular complexity index is 509. The molecule has 0 bridgehead atoms. The maximum Gasteiger partial charge on any atom is 0.291 e. The molecule has 0 unspecified atom stereocenters. The summed E-state index contributed by atoms with van der Waals surface area (Å²) in [5.74, 6) is -0.0740. The van der Waals surface area contributed by atoms with Gasteiger partial charge in [-0.2, -0.15) is 4.98 Å². The van der Waals surface area contributed by atoms with Crippen molar-refractivity contribution in [2.24, 2.45) is 0 Å². The van der Waals surface area contributed by atoms with Crippen molar-refractivity contribution in [3.8, 4) is 0 Å². The summed E-state index contributed by atoms with van der Waals surface area (Å²) in [7, 11) is 1.67. The van der Waals surface area contributed by atoms with E-state index in [2.05, 4.69) is 20.2 Å². The molecule has 1 amide bonds. The number of rotatable bonds is 3. The number of nitrogens with one attached hydrogen (secondary N) is 1. The topological polar surface area (TPSA) is 101 Å². The van der Waals surface area contributed by atoms with Gasteiger partial charge in [-0.05, 0) is 11.6 Å². The van der Waals surface area contributed by atoms with Gasteiger partial charge in [0.2, 0.25) is 11.8 Å². The number of nitrogens with two attached hydrogens (primary N) is 1. The maximum atomic E-state index is 11.9. The van der Waals surface area contributed by atoms with Crippen LogP contribution < -0.4 is 5.73 Å². The highest BCUT2D eigenvalue weighted by molar-refractivity contribution is 5.90. The van der Waals surface area contributed by atoms with Gasteiger partial charge in [-0.25, -0.2) is 0 Å². The van der Waals surface area contributed by atoms with E-state index >= 15 is 0 Å². The summed E-state index contributed by atoms with van der Waals surface area (Å²) in [5.41, 5.74) is 6.28. The van der Waals surface area contributed by atoms with Crippen LogP contribution >= 0.6 is 0 Å². The van der Waals surface area contributed by atoms with Crippen molar-refractivity contribution in [3.63, 3.8) is 0 Å². The van der Waals surface area contributed by atoms with Crippen LogP contribution in [0.15, 0.2) is 24.5 Å². The lowest BCUT2D eigenvalue weighted by atomic mass is 10.2. The van der Waals surface area contributed by atoms with Crippen molar-refractivity contribution in [3.05, 3.63) is 35.9 Å². The van der Waals surface area contributed by atoms with Gasteiger partial charge in [-0.3, -0.25) is 14.9 Å². The molecule has 2 aromatic heterocycles. The van der Waals surface area contributed by atoms with E-state index in [1.54, 1.807) is 19.4 Å². The number of aromatic amines is 1. The molecule has 0 radical (unpaired) electrons. The predicted octanol–water partition coefficient (Wildman–Crippen LogP) is 0.0541. The van der Waals surface area contributed by atoms with Crippen molar-refractivity contribution in [1.82, 2.24) is 25.1 Å². The van der Waals surface area contributed by atoms with E-state index in [9.17, 15) is 4.79 Å². The molecule has 0 spiro atoms. The highest BCUT2D eigenvalue weighted by Gasteiger charge is 2.15. The third-order valence-corrected chi connectivity index (χ3v) is 2.19. The maximum absolute atomic E-state index is 11.9. The third-order valence-electron chi connectivity index (χ3n) is 2.19. The lowest BCUT2D eigenvalue weighted by Gasteiger charge is -2.14. The number of anilines is 1. The molecular formula is C10H12N6O. The van der Waals surface area contributed by atoms with Crippen molar-refractivity contribution >= 4 is 11.9 Å². The summed E-state index contributed by atoms with van der Waals surface area (Å²) in [6.07, 6.45) is 3.39. The molecule has 7 heteroatoms. The van der Waals surface area contributed by atoms with E-state index in [-0.39, 0.29) is 17.7 Å². The first kappa shape index (κ1) is 11.1. The number of nitrogens with zero attached hydrogens (tertiary/aromatic N) is 4.